The number of carbonyl (C=O) groups is 1. The third-order valence-corrected chi connectivity index (χ3v) is 2.17. The molecular weight excluding hydrogens is 202 g/mol. The van der Waals surface area contributed by atoms with Crippen LogP contribution in [-0.2, 0) is 10.2 Å². The van der Waals surface area contributed by atoms with E-state index >= 15 is 0 Å². The molecule has 0 bridgehead atoms. The van der Waals surface area contributed by atoms with Gasteiger partial charge in [0.15, 0.2) is 0 Å². The van der Waals surface area contributed by atoms with Crippen molar-refractivity contribution in [3.63, 3.8) is 0 Å². The maximum Gasteiger partial charge on any atom is 0.313 e. The molecule has 0 atom stereocenters. The van der Waals surface area contributed by atoms with E-state index in [-0.39, 0.29) is 12.4 Å². The lowest BCUT2D eigenvalue weighted by Gasteiger charge is -2.19. The Labute approximate surface area is 89.3 Å². The molecule has 1 rings (SSSR count). The Morgan fingerprint density at radius 1 is 1.29 bits per heavy atom. The normalized spacial score (nSPS) is 10.4. The second kappa shape index (κ2) is 4.33. The molecule has 3 nitrogen and oxygen atoms in total. The number of rotatable bonds is 2. The number of hydrogen-bond donors (Lipinski definition) is 2. The summed E-state index contributed by atoms with van der Waals surface area (Å²) in [6.45, 7) is 3.34. The van der Waals surface area contributed by atoms with Crippen LogP contribution in [0.4, 0.5) is 5.69 Å². The van der Waals surface area contributed by atoms with Gasteiger partial charge in [-0.3, -0.25) is 4.79 Å². The van der Waals surface area contributed by atoms with Gasteiger partial charge in [0, 0.05) is 5.69 Å². The van der Waals surface area contributed by atoms with Crippen molar-refractivity contribution in [1.29, 1.82) is 0 Å². The van der Waals surface area contributed by atoms with E-state index in [0.29, 0.717) is 5.69 Å². The number of benzene rings is 1. The van der Waals surface area contributed by atoms with Gasteiger partial charge in [-0.15, -0.1) is 12.4 Å². The van der Waals surface area contributed by atoms with E-state index < -0.39 is 11.4 Å². The summed E-state index contributed by atoms with van der Waals surface area (Å²) in [7, 11) is 0. The summed E-state index contributed by atoms with van der Waals surface area (Å²) in [6, 6.07) is 6.90. The second-order valence-corrected chi connectivity index (χ2v) is 3.55. The number of aliphatic carboxylic acids is 1. The smallest absolute Gasteiger partial charge is 0.313 e. The van der Waals surface area contributed by atoms with E-state index in [1.807, 2.05) is 0 Å². The van der Waals surface area contributed by atoms with Gasteiger partial charge in [-0.2, -0.15) is 0 Å². The topological polar surface area (TPSA) is 63.3 Å². The van der Waals surface area contributed by atoms with Crippen LogP contribution in [0.25, 0.3) is 0 Å². The van der Waals surface area contributed by atoms with Gasteiger partial charge in [-0.05, 0) is 31.5 Å². The largest absolute Gasteiger partial charge is 0.481 e. The SMILES string of the molecule is CC(C)(C(=O)O)c1ccc(N)cc1.Cl. The summed E-state index contributed by atoms with van der Waals surface area (Å²) in [6.07, 6.45) is 0. The Morgan fingerprint density at radius 3 is 2.07 bits per heavy atom. The monoisotopic (exact) mass is 215 g/mol. The first-order valence-corrected chi connectivity index (χ1v) is 4.04. The summed E-state index contributed by atoms with van der Waals surface area (Å²) in [5.41, 5.74) is 6.05. The van der Waals surface area contributed by atoms with Crippen molar-refractivity contribution in [2.24, 2.45) is 0 Å². The number of halogens is 1. The Morgan fingerprint density at radius 2 is 1.71 bits per heavy atom. The molecule has 0 unspecified atom stereocenters. The zero-order valence-corrected chi connectivity index (χ0v) is 8.97. The average Bonchev–Trinajstić information content (AvgIpc) is 2.04. The fourth-order valence-corrected chi connectivity index (χ4v) is 1.02. The predicted octanol–water partition coefficient (Wildman–Crippen LogP) is 2.05. The summed E-state index contributed by atoms with van der Waals surface area (Å²) in [4.78, 5) is 10.9. The minimum absolute atomic E-state index is 0. The van der Waals surface area contributed by atoms with E-state index in [2.05, 4.69) is 0 Å². The molecule has 0 saturated carbocycles. The van der Waals surface area contributed by atoms with Crippen LogP contribution in [0.3, 0.4) is 0 Å². The van der Waals surface area contributed by atoms with E-state index in [0.717, 1.165) is 5.56 Å². The minimum atomic E-state index is -0.853. The molecule has 0 aromatic heterocycles. The van der Waals surface area contributed by atoms with Crippen molar-refractivity contribution in [2.45, 2.75) is 19.3 Å². The molecule has 0 amide bonds. The van der Waals surface area contributed by atoms with Gasteiger partial charge in [0.2, 0.25) is 0 Å². The molecule has 0 aliphatic carbocycles. The predicted molar refractivity (Wildman–Crippen MR) is 58.8 cm³/mol. The van der Waals surface area contributed by atoms with E-state index in [9.17, 15) is 4.79 Å². The van der Waals surface area contributed by atoms with Crippen molar-refractivity contribution in [3.8, 4) is 0 Å². The molecule has 1 aromatic rings. The first-order valence-electron chi connectivity index (χ1n) is 4.04. The van der Waals surface area contributed by atoms with Crippen LogP contribution < -0.4 is 5.73 Å². The van der Waals surface area contributed by atoms with Crippen LogP contribution in [-0.4, -0.2) is 11.1 Å². The Kier molecular flexibility index (Phi) is 3.95. The van der Waals surface area contributed by atoms with Gasteiger partial charge in [0.05, 0.1) is 5.41 Å². The molecule has 3 N–H and O–H groups in total. The number of carboxylic acids is 1. The first kappa shape index (κ1) is 12.8. The second-order valence-electron chi connectivity index (χ2n) is 3.55. The minimum Gasteiger partial charge on any atom is -0.481 e. The maximum atomic E-state index is 10.9. The number of nitrogens with two attached hydrogens (primary N) is 1. The molecule has 0 spiro atoms. The van der Waals surface area contributed by atoms with Crippen LogP contribution in [0.2, 0.25) is 0 Å². The molecular formula is C10H14ClNO2. The van der Waals surface area contributed by atoms with Gasteiger partial charge >= 0.3 is 5.97 Å². The third kappa shape index (κ3) is 2.39. The van der Waals surface area contributed by atoms with Crippen molar-refractivity contribution in [1.82, 2.24) is 0 Å². The molecule has 0 aliphatic heterocycles. The van der Waals surface area contributed by atoms with Gasteiger partial charge in [0.1, 0.15) is 0 Å². The van der Waals surface area contributed by atoms with Crippen molar-refractivity contribution >= 4 is 24.1 Å². The summed E-state index contributed by atoms with van der Waals surface area (Å²) >= 11 is 0. The molecule has 0 fully saturated rings. The summed E-state index contributed by atoms with van der Waals surface area (Å²) in [5.74, 6) is -0.836. The lowest BCUT2D eigenvalue weighted by atomic mass is 9.85. The maximum absolute atomic E-state index is 10.9. The highest BCUT2D eigenvalue weighted by Crippen LogP contribution is 2.23. The van der Waals surface area contributed by atoms with Gasteiger partial charge < -0.3 is 10.8 Å². The molecule has 1 aromatic carbocycles. The number of nitrogen functional groups attached to an aromatic ring is 1. The van der Waals surface area contributed by atoms with Crippen LogP contribution in [0.5, 0.6) is 0 Å². The Balaban J connectivity index is 0.00000169. The van der Waals surface area contributed by atoms with Gasteiger partial charge in [-0.1, -0.05) is 12.1 Å². The molecule has 14 heavy (non-hydrogen) atoms. The molecule has 4 heteroatoms. The van der Waals surface area contributed by atoms with E-state index in [1.165, 1.54) is 0 Å². The highest BCUT2D eigenvalue weighted by atomic mass is 35.5. The average molecular weight is 216 g/mol. The van der Waals surface area contributed by atoms with Crippen molar-refractivity contribution in [2.75, 3.05) is 5.73 Å². The van der Waals surface area contributed by atoms with Gasteiger partial charge in [0.25, 0.3) is 0 Å². The van der Waals surface area contributed by atoms with Crippen LogP contribution >= 0.6 is 12.4 Å². The van der Waals surface area contributed by atoms with Crippen molar-refractivity contribution in [3.05, 3.63) is 29.8 Å². The highest BCUT2D eigenvalue weighted by Gasteiger charge is 2.28. The van der Waals surface area contributed by atoms with Crippen molar-refractivity contribution < 1.29 is 9.90 Å². The van der Waals surface area contributed by atoms with E-state index in [1.54, 1.807) is 38.1 Å². The summed E-state index contributed by atoms with van der Waals surface area (Å²) in [5, 5.41) is 8.93. The lowest BCUT2D eigenvalue weighted by Crippen LogP contribution is -2.28. The molecule has 0 aliphatic rings. The third-order valence-electron chi connectivity index (χ3n) is 2.17. The zero-order valence-electron chi connectivity index (χ0n) is 8.15. The molecule has 0 heterocycles. The van der Waals surface area contributed by atoms with Crippen LogP contribution in [0.1, 0.15) is 19.4 Å². The lowest BCUT2D eigenvalue weighted by molar-refractivity contribution is -0.142. The number of hydrogen-bond acceptors (Lipinski definition) is 2. The first-order chi connectivity index (χ1) is 5.94. The number of anilines is 1. The standard InChI is InChI=1S/C10H13NO2.ClH/c1-10(2,9(12)13)7-3-5-8(11)6-4-7;/h3-6H,11H2,1-2H3,(H,12,13);1H. The quantitative estimate of drug-likeness (QED) is 0.743. The van der Waals surface area contributed by atoms with Crippen LogP contribution in [0, 0.1) is 0 Å². The zero-order chi connectivity index (χ0) is 10.1. The Bertz CT molecular complexity index is 319. The molecule has 0 saturated heterocycles. The van der Waals surface area contributed by atoms with Gasteiger partial charge in [-0.25, -0.2) is 0 Å². The molecule has 0 radical (unpaired) electrons. The highest BCUT2D eigenvalue weighted by molar-refractivity contribution is 5.85. The molecule has 78 valence electrons. The number of carboxylic acid groups (broad SMARTS) is 1. The fraction of sp³-hybridized carbons (Fsp3) is 0.300. The van der Waals surface area contributed by atoms with E-state index in [4.69, 9.17) is 10.8 Å². The fourth-order valence-electron chi connectivity index (χ4n) is 1.02. The summed E-state index contributed by atoms with van der Waals surface area (Å²) < 4.78 is 0. The Hall–Kier alpha value is -1.22. The van der Waals surface area contributed by atoms with Crippen LogP contribution in [0.15, 0.2) is 24.3 Å².